The highest BCUT2D eigenvalue weighted by atomic mass is 19.3. The van der Waals surface area contributed by atoms with E-state index in [-0.39, 0.29) is 29.7 Å². The van der Waals surface area contributed by atoms with Crippen LogP contribution in [0.2, 0.25) is 0 Å². The fraction of sp³-hybridized carbons (Fsp3) is 0.440. The number of hydrogen-bond acceptors (Lipinski definition) is 2. The Morgan fingerprint density at radius 1 is 0.914 bits per heavy atom. The standard InChI is InChI=1S/C25H24F8O2/c1-2-3-14-4-6-15(7-5-14)16-10-18(26)23(19(27)11-16)25(32,33)35-17-12-20(28)24(21(29)13-17)34-9-8-22(30)31/h8-15,22H,2-7H2,1H3/b9-8+. The van der Waals surface area contributed by atoms with Crippen LogP contribution in [0.15, 0.2) is 36.6 Å². The van der Waals surface area contributed by atoms with Crippen molar-refractivity contribution in [3.8, 4) is 11.5 Å². The first-order valence-electron chi connectivity index (χ1n) is 11.2. The zero-order valence-corrected chi connectivity index (χ0v) is 18.8. The van der Waals surface area contributed by atoms with Crippen molar-refractivity contribution in [3.63, 3.8) is 0 Å². The summed E-state index contributed by atoms with van der Waals surface area (Å²) < 4.78 is 120. The minimum absolute atomic E-state index is 0.162. The van der Waals surface area contributed by atoms with Crippen molar-refractivity contribution in [2.45, 2.75) is 63.9 Å². The largest absolute Gasteiger partial charge is 0.459 e. The summed E-state index contributed by atoms with van der Waals surface area (Å²) in [7, 11) is 0. The molecule has 0 aromatic heterocycles. The van der Waals surface area contributed by atoms with Crippen molar-refractivity contribution in [2.75, 3.05) is 0 Å². The van der Waals surface area contributed by atoms with Gasteiger partial charge in [-0.2, -0.15) is 8.78 Å². The monoisotopic (exact) mass is 508 g/mol. The van der Waals surface area contributed by atoms with Crippen molar-refractivity contribution in [1.29, 1.82) is 0 Å². The van der Waals surface area contributed by atoms with Crippen LogP contribution in [-0.4, -0.2) is 6.43 Å². The lowest BCUT2D eigenvalue weighted by Crippen LogP contribution is -2.26. The van der Waals surface area contributed by atoms with Crippen molar-refractivity contribution in [1.82, 2.24) is 0 Å². The summed E-state index contributed by atoms with van der Waals surface area (Å²) in [5, 5.41) is 0. The second-order valence-corrected chi connectivity index (χ2v) is 8.48. The van der Waals surface area contributed by atoms with E-state index in [1.165, 1.54) is 0 Å². The Bertz CT molecular complexity index is 1000. The predicted molar refractivity (Wildman–Crippen MR) is 113 cm³/mol. The van der Waals surface area contributed by atoms with Crippen molar-refractivity contribution >= 4 is 0 Å². The molecule has 2 nitrogen and oxygen atoms in total. The number of hydrogen-bond donors (Lipinski definition) is 0. The smallest absolute Gasteiger partial charge is 0.432 e. The fourth-order valence-corrected chi connectivity index (χ4v) is 4.37. The summed E-state index contributed by atoms with van der Waals surface area (Å²) in [5.41, 5.74) is -1.42. The summed E-state index contributed by atoms with van der Waals surface area (Å²) in [6.07, 6.45) is -1.77. The lowest BCUT2D eigenvalue weighted by Gasteiger charge is -2.29. The van der Waals surface area contributed by atoms with Crippen molar-refractivity contribution < 1.29 is 44.6 Å². The molecule has 3 rings (SSSR count). The molecule has 192 valence electrons. The van der Waals surface area contributed by atoms with Gasteiger partial charge in [-0.05, 0) is 55.2 Å². The Labute approximate surface area is 197 Å². The van der Waals surface area contributed by atoms with E-state index >= 15 is 0 Å². The highest BCUT2D eigenvalue weighted by Gasteiger charge is 2.42. The number of allylic oxidation sites excluding steroid dienone is 1. The molecule has 1 fully saturated rings. The van der Waals surface area contributed by atoms with Gasteiger partial charge in [0.25, 0.3) is 6.43 Å². The molecule has 2 aromatic carbocycles. The molecule has 0 saturated heterocycles. The van der Waals surface area contributed by atoms with Gasteiger partial charge in [-0.25, -0.2) is 26.3 Å². The van der Waals surface area contributed by atoms with Gasteiger partial charge in [0, 0.05) is 18.2 Å². The quantitative estimate of drug-likeness (QED) is 0.249. The molecule has 2 aromatic rings. The van der Waals surface area contributed by atoms with Gasteiger partial charge < -0.3 is 9.47 Å². The maximum absolute atomic E-state index is 14.7. The molecule has 0 heterocycles. The minimum atomic E-state index is -4.61. The molecule has 0 bridgehead atoms. The molecule has 0 spiro atoms. The zero-order valence-electron chi connectivity index (χ0n) is 18.8. The van der Waals surface area contributed by atoms with E-state index in [1.807, 2.05) is 0 Å². The summed E-state index contributed by atoms with van der Waals surface area (Å²) in [6.45, 7) is 2.08. The summed E-state index contributed by atoms with van der Waals surface area (Å²) >= 11 is 0. The zero-order chi connectivity index (χ0) is 25.8. The van der Waals surface area contributed by atoms with E-state index in [1.54, 1.807) is 0 Å². The SMILES string of the molecule is CCCC1CCC(c2cc(F)c(C(F)(F)Oc3cc(F)c(O/C=C/C(F)F)c(F)c3)c(F)c2)CC1. The van der Waals surface area contributed by atoms with Crippen LogP contribution in [0.1, 0.15) is 62.5 Å². The lowest BCUT2D eigenvalue weighted by molar-refractivity contribution is -0.189. The highest BCUT2D eigenvalue weighted by Crippen LogP contribution is 2.41. The molecule has 0 aliphatic heterocycles. The maximum atomic E-state index is 14.7. The average molecular weight is 508 g/mol. The van der Waals surface area contributed by atoms with Gasteiger partial charge in [0.05, 0.1) is 6.26 Å². The van der Waals surface area contributed by atoms with Crippen LogP contribution in [0.3, 0.4) is 0 Å². The van der Waals surface area contributed by atoms with Gasteiger partial charge in [-0.3, -0.25) is 0 Å². The topological polar surface area (TPSA) is 18.5 Å². The number of rotatable bonds is 9. The van der Waals surface area contributed by atoms with E-state index in [4.69, 9.17) is 0 Å². The molecule has 35 heavy (non-hydrogen) atoms. The third-order valence-electron chi connectivity index (χ3n) is 6.00. The third-order valence-corrected chi connectivity index (χ3v) is 6.00. The van der Waals surface area contributed by atoms with Crippen LogP contribution < -0.4 is 9.47 Å². The van der Waals surface area contributed by atoms with Gasteiger partial charge in [0.2, 0.25) is 0 Å². The van der Waals surface area contributed by atoms with E-state index < -0.39 is 52.9 Å². The highest BCUT2D eigenvalue weighted by molar-refractivity contribution is 5.37. The first-order chi connectivity index (χ1) is 16.5. The number of alkyl halides is 4. The van der Waals surface area contributed by atoms with Crippen LogP contribution in [0.4, 0.5) is 35.1 Å². The molecule has 1 saturated carbocycles. The first-order valence-corrected chi connectivity index (χ1v) is 11.2. The van der Waals surface area contributed by atoms with Gasteiger partial charge >= 0.3 is 6.11 Å². The Hall–Kier alpha value is -2.78. The second kappa shape index (κ2) is 11.3. The normalized spacial score (nSPS) is 18.9. The van der Waals surface area contributed by atoms with Crippen LogP contribution in [0.5, 0.6) is 11.5 Å². The average Bonchev–Trinajstić information content (AvgIpc) is 2.75. The van der Waals surface area contributed by atoms with E-state index in [0.717, 1.165) is 37.8 Å². The number of benzene rings is 2. The molecule has 0 amide bonds. The molecule has 1 aliphatic carbocycles. The lowest BCUT2D eigenvalue weighted by atomic mass is 9.77. The summed E-state index contributed by atoms with van der Waals surface area (Å²) in [5.74, 6) is -8.04. The molecular weight excluding hydrogens is 484 g/mol. The van der Waals surface area contributed by atoms with Gasteiger partial charge in [-0.1, -0.05) is 19.8 Å². The summed E-state index contributed by atoms with van der Waals surface area (Å²) in [6, 6.07) is 2.24. The number of ether oxygens (including phenoxy) is 2. The van der Waals surface area contributed by atoms with Crippen LogP contribution in [0.25, 0.3) is 0 Å². The van der Waals surface area contributed by atoms with Crippen LogP contribution >= 0.6 is 0 Å². The van der Waals surface area contributed by atoms with Crippen LogP contribution in [0, 0.1) is 29.2 Å². The van der Waals surface area contributed by atoms with Gasteiger partial charge in [0.15, 0.2) is 17.4 Å². The third kappa shape index (κ3) is 6.67. The fourth-order valence-electron chi connectivity index (χ4n) is 4.37. The molecule has 0 N–H and O–H groups in total. The Balaban J connectivity index is 1.78. The molecule has 0 radical (unpaired) electrons. The molecule has 0 unspecified atom stereocenters. The molecule has 10 heteroatoms. The Morgan fingerprint density at radius 3 is 2.00 bits per heavy atom. The first kappa shape index (κ1) is 26.8. The van der Waals surface area contributed by atoms with E-state index in [0.29, 0.717) is 25.0 Å². The van der Waals surface area contributed by atoms with Crippen molar-refractivity contribution in [2.24, 2.45) is 5.92 Å². The second-order valence-electron chi connectivity index (χ2n) is 8.48. The van der Waals surface area contributed by atoms with Crippen LogP contribution in [-0.2, 0) is 6.11 Å². The Kier molecular flexibility index (Phi) is 8.66. The van der Waals surface area contributed by atoms with Gasteiger partial charge in [0.1, 0.15) is 22.9 Å². The maximum Gasteiger partial charge on any atom is 0.432 e. The number of halogens is 8. The minimum Gasteiger partial charge on any atom is -0.459 e. The van der Waals surface area contributed by atoms with E-state index in [2.05, 4.69) is 16.4 Å². The van der Waals surface area contributed by atoms with Crippen molar-refractivity contribution in [3.05, 3.63) is 71.0 Å². The predicted octanol–water partition coefficient (Wildman–Crippen LogP) is 8.60. The van der Waals surface area contributed by atoms with E-state index in [9.17, 15) is 35.1 Å². The molecular formula is C25H24F8O2. The molecule has 1 aliphatic rings. The molecule has 0 atom stereocenters. The Morgan fingerprint density at radius 2 is 1.49 bits per heavy atom. The van der Waals surface area contributed by atoms with Gasteiger partial charge in [-0.15, -0.1) is 0 Å². The summed E-state index contributed by atoms with van der Waals surface area (Å²) in [4.78, 5) is 0.